The van der Waals surface area contributed by atoms with E-state index in [9.17, 15) is 23.1 Å². The predicted molar refractivity (Wildman–Crippen MR) is 182 cm³/mol. The van der Waals surface area contributed by atoms with Crippen molar-refractivity contribution in [1.82, 2.24) is 19.6 Å². The molecule has 0 aliphatic heterocycles. The molecule has 1 N–H and O–H groups in total. The van der Waals surface area contributed by atoms with Crippen LogP contribution in [0.5, 0.6) is 0 Å². The maximum absolute atomic E-state index is 13.6. The van der Waals surface area contributed by atoms with Gasteiger partial charge in [-0.1, -0.05) is 72.2 Å². The zero-order valence-corrected chi connectivity index (χ0v) is 29.8. The van der Waals surface area contributed by atoms with Gasteiger partial charge in [0, 0.05) is 16.5 Å². The zero-order chi connectivity index (χ0) is 35.1. The number of benzene rings is 1. The van der Waals surface area contributed by atoms with Crippen molar-refractivity contribution in [3.05, 3.63) is 59.1 Å². The number of carboxylic acid groups (broad SMARTS) is 1. The average molecular weight is 675 g/mol. The van der Waals surface area contributed by atoms with Crippen molar-refractivity contribution < 1.29 is 23.1 Å². The second-order valence-electron chi connectivity index (χ2n) is 17.8. The van der Waals surface area contributed by atoms with Crippen LogP contribution in [0, 0.1) is 51.2 Å². The van der Waals surface area contributed by atoms with E-state index in [0.717, 1.165) is 80.5 Å². The normalized spacial score (nSPS) is 39.6. The van der Waals surface area contributed by atoms with E-state index >= 15 is 0 Å². The Morgan fingerprint density at radius 3 is 2.35 bits per heavy atom. The van der Waals surface area contributed by atoms with Crippen molar-refractivity contribution in [3.8, 4) is 11.3 Å². The fraction of sp³-hybridized carbons (Fsp3) is 0.650. The molecule has 0 amide bonds. The molecule has 8 rings (SSSR count). The third kappa shape index (κ3) is 4.13. The van der Waals surface area contributed by atoms with Crippen molar-refractivity contribution in [3.63, 3.8) is 0 Å². The number of carbonyl (C=O) groups is 1. The largest absolute Gasteiger partial charge is 0.481 e. The van der Waals surface area contributed by atoms with Gasteiger partial charge in [-0.2, -0.15) is 27.8 Å². The number of carboxylic acids is 1. The summed E-state index contributed by atoms with van der Waals surface area (Å²) in [6.45, 7) is 16.6. The van der Waals surface area contributed by atoms with Crippen molar-refractivity contribution in [2.45, 2.75) is 111 Å². The molecular formula is C40H49F3N4O2. The van der Waals surface area contributed by atoms with Crippen LogP contribution in [0.25, 0.3) is 17.0 Å². The molecule has 49 heavy (non-hydrogen) atoms. The number of hydrogen-bond donors (Lipinski definition) is 1. The number of alkyl halides is 3. The smallest absolute Gasteiger partial charge is 0.416 e. The molecule has 9 heteroatoms. The van der Waals surface area contributed by atoms with E-state index in [1.54, 1.807) is 16.6 Å². The Bertz CT molecular complexity index is 1900. The lowest BCUT2D eigenvalue weighted by Gasteiger charge is -2.70. The molecule has 0 spiro atoms. The number of nitrogens with zero attached hydrogens (tertiary/aromatic N) is 4. The summed E-state index contributed by atoms with van der Waals surface area (Å²) in [6.07, 6.45) is 6.63. The molecule has 0 saturated heterocycles. The molecule has 5 aliphatic rings. The molecular weight excluding hydrogens is 625 g/mol. The van der Waals surface area contributed by atoms with Crippen LogP contribution in [0.2, 0.25) is 0 Å². The van der Waals surface area contributed by atoms with E-state index in [4.69, 9.17) is 4.98 Å². The molecule has 1 aromatic carbocycles. The Morgan fingerprint density at radius 1 is 0.959 bits per heavy atom. The molecule has 2 aromatic heterocycles. The van der Waals surface area contributed by atoms with Gasteiger partial charge in [-0.3, -0.25) is 4.79 Å². The van der Waals surface area contributed by atoms with Crippen molar-refractivity contribution >= 4 is 11.7 Å². The molecule has 0 bridgehead atoms. The summed E-state index contributed by atoms with van der Waals surface area (Å²) in [5.41, 5.74) is 2.91. The third-order valence-corrected chi connectivity index (χ3v) is 15.7. The van der Waals surface area contributed by atoms with Crippen molar-refractivity contribution in [1.29, 1.82) is 0 Å². The molecule has 5 aliphatic carbocycles. The lowest BCUT2D eigenvalue weighted by atomic mass is 9.33. The Balaban J connectivity index is 1.28. The van der Waals surface area contributed by atoms with E-state index in [-0.39, 0.29) is 27.6 Å². The summed E-state index contributed by atoms with van der Waals surface area (Å²) in [7, 11) is 0. The van der Waals surface area contributed by atoms with Crippen LogP contribution in [0.3, 0.4) is 0 Å². The van der Waals surface area contributed by atoms with Gasteiger partial charge in [0.1, 0.15) is 6.33 Å². The first-order chi connectivity index (χ1) is 22.9. The first kappa shape index (κ1) is 32.9. The number of halogens is 3. The van der Waals surface area contributed by atoms with E-state index < -0.39 is 23.1 Å². The van der Waals surface area contributed by atoms with E-state index in [1.807, 2.05) is 0 Å². The molecule has 3 unspecified atom stereocenters. The van der Waals surface area contributed by atoms with E-state index in [0.29, 0.717) is 35.0 Å². The van der Waals surface area contributed by atoms with Crippen LogP contribution in [-0.2, 0) is 22.8 Å². The van der Waals surface area contributed by atoms with Gasteiger partial charge in [0.25, 0.3) is 5.78 Å². The Labute approximate surface area is 287 Å². The summed E-state index contributed by atoms with van der Waals surface area (Å²) >= 11 is 0. The molecule has 3 aromatic rings. The van der Waals surface area contributed by atoms with Gasteiger partial charge >= 0.3 is 12.1 Å². The van der Waals surface area contributed by atoms with E-state index in [2.05, 4.69) is 64.6 Å². The quantitative estimate of drug-likeness (QED) is 0.274. The Morgan fingerprint density at radius 2 is 1.67 bits per heavy atom. The van der Waals surface area contributed by atoms with Crippen LogP contribution in [0.15, 0.2) is 42.2 Å². The maximum atomic E-state index is 13.6. The minimum absolute atomic E-state index is 0.0414. The molecule has 2 heterocycles. The van der Waals surface area contributed by atoms with Crippen LogP contribution in [0.1, 0.15) is 110 Å². The van der Waals surface area contributed by atoms with Gasteiger partial charge in [-0.25, -0.2) is 4.98 Å². The average Bonchev–Trinajstić information content (AvgIpc) is 3.50. The van der Waals surface area contributed by atoms with Gasteiger partial charge < -0.3 is 5.11 Å². The SMILES string of the molecule is C[C@@H]1CC[C@]2(C(=O)O)CC[C@]3(C)C(=CCC4[C@@]5(C)Cc6c(nc7ncnn7c6-c6ccc(C(F)(F)F)cc6)C(C)(C)C5CC[C@]43C)C2[C@H]1C. The summed E-state index contributed by atoms with van der Waals surface area (Å²) in [6, 6.07) is 5.43. The Hall–Kier alpha value is -3.23. The van der Waals surface area contributed by atoms with Gasteiger partial charge in [0.15, 0.2) is 0 Å². The van der Waals surface area contributed by atoms with Crippen LogP contribution < -0.4 is 0 Å². The summed E-state index contributed by atoms with van der Waals surface area (Å²) in [5.74, 6) is 1.36. The predicted octanol–water partition coefficient (Wildman–Crippen LogP) is 9.57. The van der Waals surface area contributed by atoms with E-state index in [1.165, 1.54) is 11.9 Å². The van der Waals surface area contributed by atoms with Crippen LogP contribution >= 0.6 is 0 Å². The molecule has 6 nitrogen and oxygen atoms in total. The number of rotatable bonds is 2. The van der Waals surface area contributed by atoms with Crippen LogP contribution in [-0.4, -0.2) is 30.7 Å². The number of fused-ring (bicyclic) bond motifs is 9. The fourth-order valence-electron chi connectivity index (χ4n) is 12.9. The van der Waals surface area contributed by atoms with Gasteiger partial charge in [-0.05, 0) is 109 Å². The third-order valence-electron chi connectivity index (χ3n) is 15.7. The van der Waals surface area contributed by atoms with Gasteiger partial charge in [-0.15, -0.1) is 0 Å². The van der Waals surface area contributed by atoms with Gasteiger partial charge in [0.05, 0.1) is 22.4 Å². The lowest BCUT2D eigenvalue weighted by molar-refractivity contribution is -0.179. The highest BCUT2D eigenvalue weighted by atomic mass is 19.4. The summed E-state index contributed by atoms with van der Waals surface area (Å²) in [4.78, 5) is 22.7. The number of aromatic nitrogens is 4. The van der Waals surface area contributed by atoms with Crippen molar-refractivity contribution in [2.24, 2.45) is 51.2 Å². The van der Waals surface area contributed by atoms with Crippen LogP contribution in [0.4, 0.5) is 13.2 Å². The summed E-state index contributed by atoms with van der Waals surface area (Å²) < 4.78 is 42.5. The minimum Gasteiger partial charge on any atom is -0.481 e. The number of aliphatic carboxylic acids is 1. The zero-order valence-electron chi connectivity index (χ0n) is 29.8. The molecule has 3 fully saturated rings. The monoisotopic (exact) mass is 674 g/mol. The topological polar surface area (TPSA) is 80.4 Å². The minimum atomic E-state index is -4.42. The van der Waals surface area contributed by atoms with Gasteiger partial charge in [0.2, 0.25) is 0 Å². The second kappa shape index (κ2) is 10.2. The summed E-state index contributed by atoms with van der Waals surface area (Å²) in [5, 5.41) is 15.3. The highest BCUT2D eigenvalue weighted by Gasteiger charge is 2.69. The standard InChI is InChI=1S/C40H49F3N4O2/c1-22-14-17-39(33(48)49)19-18-37(6)27(30(39)23(22)2)12-13-29-36(5)20-26-31(24-8-10-25(11-9-24)40(41,42)43)47-34(44-21-45-47)46-32(26)35(3,4)28(36)15-16-38(29,37)7/h8-12,21-23,28-30H,13-20H2,1-7H3,(H,48,49)/t22-,23+,28?,29?,30?,36+,37-,38-,39+/m1/s1. The highest BCUT2D eigenvalue weighted by molar-refractivity contribution is 5.77. The first-order valence-electron chi connectivity index (χ1n) is 18.2. The van der Waals surface area contributed by atoms with Crippen molar-refractivity contribution in [2.75, 3.05) is 0 Å². The number of allylic oxidation sites excluding steroid dienone is 2. The highest BCUT2D eigenvalue weighted by Crippen LogP contribution is 2.75. The molecule has 0 radical (unpaired) electrons. The second-order valence-corrected chi connectivity index (χ2v) is 17.8. The molecule has 262 valence electrons. The number of hydrogen-bond acceptors (Lipinski definition) is 4. The lowest BCUT2D eigenvalue weighted by Crippen LogP contribution is -2.65. The molecule has 3 saturated carbocycles. The first-order valence-corrected chi connectivity index (χ1v) is 18.2. The Kier molecular flexibility index (Phi) is 6.85. The fourth-order valence-corrected chi connectivity index (χ4v) is 12.9. The maximum Gasteiger partial charge on any atom is 0.416 e. The molecule has 9 atom stereocenters.